The monoisotopic (exact) mass is 254 g/mol. The smallest absolute Gasteiger partial charge is 0.173 e. The van der Waals surface area contributed by atoms with E-state index in [0.717, 1.165) is 12.1 Å². The zero-order valence-corrected chi connectivity index (χ0v) is 9.80. The second-order valence-corrected chi connectivity index (χ2v) is 3.82. The summed E-state index contributed by atoms with van der Waals surface area (Å²) in [6, 6.07) is 1.72. The molecule has 0 bridgehead atoms. The summed E-state index contributed by atoms with van der Waals surface area (Å²) in [6.07, 6.45) is -0.0529. The van der Waals surface area contributed by atoms with Crippen molar-refractivity contribution in [2.75, 3.05) is 20.2 Å². The highest BCUT2D eigenvalue weighted by atomic mass is 19.1. The number of hydrogen-bond acceptors (Lipinski definition) is 4. The standard InChI is InChI=1S/C12H12F2N2O2/c1-18-11-5-8(13)7(4-9(11)14)10(17)6-12-15-2-3-16-12/h4-5H,2-3,6H2,1H3,(H,15,16). The van der Waals surface area contributed by atoms with E-state index in [1.54, 1.807) is 0 Å². The van der Waals surface area contributed by atoms with Crippen LogP contribution in [0.1, 0.15) is 16.8 Å². The van der Waals surface area contributed by atoms with Gasteiger partial charge < -0.3 is 10.1 Å². The number of Topliss-reactive ketones (excluding diaryl/α,β-unsaturated/α-hetero) is 1. The summed E-state index contributed by atoms with van der Waals surface area (Å²) in [6.45, 7) is 1.27. The minimum Gasteiger partial charge on any atom is -0.494 e. The maximum absolute atomic E-state index is 13.6. The number of hydrogen-bond donors (Lipinski definition) is 1. The van der Waals surface area contributed by atoms with Crippen molar-refractivity contribution in [3.63, 3.8) is 0 Å². The molecular weight excluding hydrogens is 242 g/mol. The number of amidine groups is 1. The first-order valence-electron chi connectivity index (χ1n) is 5.45. The third kappa shape index (κ3) is 2.47. The van der Waals surface area contributed by atoms with Gasteiger partial charge in [-0.1, -0.05) is 0 Å². The van der Waals surface area contributed by atoms with E-state index >= 15 is 0 Å². The Kier molecular flexibility index (Phi) is 3.55. The van der Waals surface area contributed by atoms with E-state index < -0.39 is 17.4 Å². The largest absolute Gasteiger partial charge is 0.494 e. The third-order valence-electron chi connectivity index (χ3n) is 2.61. The molecule has 0 aliphatic carbocycles. The Morgan fingerprint density at radius 2 is 2.22 bits per heavy atom. The molecule has 1 aromatic rings. The molecule has 1 aromatic carbocycles. The Hall–Kier alpha value is -1.98. The molecule has 0 radical (unpaired) electrons. The maximum Gasteiger partial charge on any atom is 0.173 e. The molecule has 0 aromatic heterocycles. The van der Waals surface area contributed by atoms with Gasteiger partial charge in [0.2, 0.25) is 0 Å². The van der Waals surface area contributed by atoms with Crippen LogP contribution >= 0.6 is 0 Å². The van der Waals surface area contributed by atoms with Crippen molar-refractivity contribution in [2.24, 2.45) is 4.99 Å². The lowest BCUT2D eigenvalue weighted by Crippen LogP contribution is -2.22. The highest BCUT2D eigenvalue weighted by Crippen LogP contribution is 2.22. The van der Waals surface area contributed by atoms with E-state index in [1.807, 2.05) is 0 Å². The second-order valence-electron chi connectivity index (χ2n) is 3.82. The lowest BCUT2D eigenvalue weighted by atomic mass is 10.1. The fourth-order valence-corrected chi connectivity index (χ4v) is 1.71. The molecule has 1 aliphatic heterocycles. The summed E-state index contributed by atoms with van der Waals surface area (Å²) < 4.78 is 31.7. The van der Waals surface area contributed by atoms with E-state index in [1.165, 1.54) is 7.11 Å². The molecule has 1 heterocycles. The minimum absolute atomic E-state index is 0.0529. The van der Waals surface area contributed by atoms with Gasteiger partial charge >= 0.3 is 0 Å². The molecule has 18 heavy (non-hydrogen) atoms. The van der Waals surface area contributed by atoms with Crippen molar-refractivity contribution in [2.45, 2.75) is 6.42 Å². The summed E-state index contributed by atoms with van der Waals surface area (Å²) in [7, 11) is 1.23. The zero-order valence-electron chi connectivity index (χ0n) is 9.80. The number of benzene rings is 1. The Labute approximate surface area is 103 Å². The number of ketones is 1. The molecule has 96 valence electrons. The fourth-order valence-electron chi connectivity index (χ4n) is 1.71. The highest BCUT2D eigenvalue weighted by molar-refractivity contribution is 6.09. The van der Waals surface area contributed by atoms with Crippen molar-refractivity contribution in [1.29, 1.82) is 0 Å². The Balaban J connectivity index is 2.22. The van der Waals surface area contributed by atoms with Crippen molar-refractivity contribution < 1.29 is 18.3 Å². The number of aliphatic imine (C=N–C) groups is 1. The van der Waals surface area contributed by atoms with Crippen LogP contribution in [0.3, 0.4) is 0 Å². The first kappa shape index (κ1) is 12.5. The molecule has 1 N–H and O–H groups in total. The second kappa shape index (κ2) is 5.12. The fraction of sp³-hybridized carbons (Fsp3) is 0.333. The molecule has 0 amide bonds. The molecule has 0 fully saturated rings. The van der Waals surface area contributed by atoms with Crippen LogP contribution in [-0.4, -0.2) is 31.8 Å². The van der Waals surface area contributed by atoms with Gasteiger partial charge in [0.15, 0.2) is 17.3 Å². The number of nitrogens with zero attached hydrogens (tertiary/aromatic N) is 1. The lowest BCUT2D eigenvalue weighted by Gasteiger charge is -2.07. The Morgan fingerprint density at radius 3 is 2.83 bits per heavy atom. The topological polar surface area (TPSA) is 50.7 Å². The van der Waals surface area contributed by atoms with Crippen LogP contribution in [0.5, 0.6) is 5.75 Å². The molecule has 0 spiro atoms. The summed E-state index contributed by atoms with van der Waals surface area (Å²) in [4.78, 5) is 15.8. The average Bonchev–Trinajstić information content (AvgIpc) is 2.84. The molecule has 2 rings (SSSR count). The number of nitrogens with one attached hydrogen (secondary N) is 1. The molecular formula is C12H12F2N2O2. The van der Waals surface area contributed by atoms with Gasteiger partial charge in [-0.2, -0.15) is 0 Å². The summed E-state index contributed by atoms with van der Waals surface area (Å²) in [5.74, 6) is -1.78. The number of ether oxygens (including phenoxy) is 1. The van der Waals surface area contributed by atoms with E-state index in [-0.39, 0.29) is 17.7 Å². The number of carbonyl (C=O) groups excluding carboxylic acids is 1. The summed E-state index contributed by atoms with van der Waals surface area (Å²) in [5.41, 5.74) is -0.287. The van der Waals surface area contributed by atoms with E-state index in [0.29, 0.717) is 18.9 Å². The van der Waals surface area contributed by atoms with Crippen LogP contribution in [0.2, 0.25) is 0 Å². The van der Waals surface area contributed by atoms with E-state index in [2.05, 4.69) is 15.0 Å². The number of halogens is 2. The van der Waals surface area contributed by atoms with Gasteiger partial charge in [0.1, 0.15) is 11.7 Å². The normalized spacial score (nSPS) is 14.1. The molecule has 4 nitrogen and oxygen atoms in total. The molecule has 0 saturated carbocycles. The first-order valence-corrected chi connectivity index (χ1v) is 5.45. The zero-order chi connectivity index (χ0) is 13.1. The van der Waals surface area contributed by atoms with Gasteiger partial charge in [-0.15, -0.1) is 0 Å². The molecule has 0 unspecified atom stereocenters. The van der Waals surface area contributed by atoms with Crippen LogP contribution in [0, 0.1) is 11.6 Å². The van der Waals surface area contributed by atoms with Crippen LogP contribution < -0.4 is 10.1 Å². The van der Waals surface area contributed by atoms with Crippen LogP contribution in [-0.2, 0) is 0 Å². The molecule has 0 atom stereocenters. The van der Waals surface area contributed by atoms with Crippen LogP contribution in [0.25, 0.3) is 0 Å². The van der Waals surface area contributed by atoms with Crippen molar-refractivity contribution in [3.8, 4) is 5.75 Å². The van der Waals surface area contributed by atoms with Gasteiger partial charge in [0.25, 0.3) is 0 Å². The van der Waals surface area contributed by atoms with Crippen LogP contribution in [0.15, 0.2) is 17.1 Å². The van der Waals surface area contributed by atoms with Gasteiger partial charge in [-0.3, -0.25) is 9.79 Å². The van der Waals surface area contributed by atoms with Crippen molar-refractivity contribution in [3.05, 3.63) is 29.3 Å². The average molecular weight is 254 g/mol. The highest BCUT2D eigenvalue weighted by Gasteiger charge is 2.19. The quantitative estimate of drug-likeness (QED) is 0.829. The lowest BCUT2D eigenvalue weighted by molar-refractivity contribution is 0.0995. The molecule has 6 heteroatoms. The SMILES string of the molecule is COc1cc(F)c(C(=O)CC2=NCCN2)cc1F. The van der Waals surface area contributed by atoms with E-state index in [4.69, 9.17) is 0 Å². The Morgan fingerprint density at radius 1 is 1.44 bits per heavy atom. The molecule has 0 saturated heterocycles. The van der Waals surface area contributed by atoms with Gasteiger partial charge in [0, 0.05) is 12.6 Å². The van der Waals surface area contributed by atoms with Gasteiger partial charge in [-0.05, 0) is 6.07 Å². The summed E-state index contributed by atoms with van der Waals surface area (Å²) >= 11 is 0. The number of carbonyl (C=O) groups is 1. The summed E-state index contributed by atoms with van der Waals surface area (Å²) in [5, 5.41) is 2.90. The first-order chi connectivity index (χ1) is 8.61. The maximum atomic E-state index is 13.6. The predicted octanol–water partition coefficient (Wildman–Crippen LogP) is 1.55. The number of methoxy groups -OCH3 is 1. The molecule has 1 aliphatic rings. The van der Waals surface area contributed by atoms with Crippen LogP contribution in [0.4, 0.5) is 8.78 Å². The predicted molar refractivity (Wildman–Crippen MR) is 62.2 cm³/mol. The third-order valence-corrected chi connectivity index (χ3v) is 2.61. The van der Waals surface area contributed by atoms with Crippen molar-refractivity contribution in [1.82, 2.24) is 5.32 Å². The van der Waals surface area contributed by atoms with Gasteiger partial charge in [0.05, 0.1) is 25.6 Å². The minimum atomic E-state index is -0.795. The van der Waals surface area contributed by atoms with Gasteiger partial charge in [-0.25, -0.2) is 8.78 Å². The van der Waals surface area contributed by atoms with Crippen molar-refractivity contribution >= 4 is 11.6 Å². The Bertz CT molecular complexity index is 515. The van der Waals surface area contributed by atoms with E-state index in [9.17, 15) is 13.6 Å². The number of rotatable bonds is 4.